The van der Waals surface area contributed by atoms with E-state index in [0.29, 0.717) is 25.2 Å². The van der Waals surface area contributed by atoms with Gasteiger partial charge in [-0.2, -0.15) is 0 Å². The van der Waals surface area contributed by atoms with Crippen LogP contribution >= 0.6 is 24.0 Å². The summed E-state index contributed by atoms with van der Waals surface area (Å²) in [6.07, 6.45) is 9.06. The normalized spacial score (nSPS) is 16.0. The lowest BCUT2D eigenvalue weighted by Crippen LogP contribution is -2.40. The number of nitrogens with zero attached hydrogens (tertiary/aromatic N) is 2. The molecule has 0 saturated heterocycles. The molecule has 6 nitrogen and oxygen atoms in total. The van der Waals surface area contributed by atoms with Gasteiger partial charge in [-0.05, 0) is 19.3 Å². The fourth-order valence-electron chi connectivity index (χ4n) is 2.51. The quantitative estimate of drug-likeness (QED) is 0.194. The lowest BCUT2D eigenvalue weighted by atomic mass is 10.1. The Balaban J connectivity index is 0.00000529. The minimum Gasteiger partial charge on any atom is -0.376 e. The Labute approximate surface area is 164 Å². The third kappa shape index (κ3) is 11.1. The van der Waals surface area contributed by atoms with Gasteiger partial charge in [0, 0.05) is 27.2 Å². The van der Waals surface area contributed by atoms with Crippen molar-refractivity contribution in [2.24, 2.45) is 4.99 Å². The van der Waals surface area contributed by atoms with Crippen molar-refractivity contribution in [3.63, 3.8) is 0 Å². The average Bonchev–Trinajstić information content (AvgIpc) is 2.81. The van der Waals surface area contributed by atoms with Crippen molar-refractivity contribution in [1.82, 2.24) is 15.5 Å². The van der Waals surface area contributed by atoms with Crippen LogP contribution in [0.25, 0.3) is 0 Å². The summed E-state index contributed by atoms with van der Waals surface area (Å²) in [5, 5.41) is 6.47. The molecule has 0 aromatic carbocycles. The van der Waals surface area contributed by atoms with Gasteiger partial charge in [0.2, 0.25) is 5.91 Å². The standard InChI is InChI=1S/C17H34N4O2.HI/c1-4-11-18-17(20-14-16(22)21(2)3)19-12-13-23-15-9-7-5-6-8-10-15;/h15H,4-14H2,1-3H3,(H2,18,19,20);1H. The van der Waals surface area contributed by atoms with Crippen molar-refractivity contribution in [1.29, 1.82) is 0 Å². The molecule has 0 spiro atoms. The predicted octanol–water partition coefficient (Wildman–Crippen LogP) is 2.38. The van der Waals surface area contributed by atoms with Crippen LogP contribution < -0.4 is 10.6 Å². The van der Waals surface area contributed by atoms with Gasteiger partial charge in [0.1, 0.15) is 6.54 Å². The summed E-state index contributed by atoms with van der Waals surface area (Å²) in [5.41, 5.74) is 0. The van der Waals surface area contributed by atoms with E-state index in [1.54, 1.807) is 19.0 Å². The van der Waals surface area contributed by atoms with Crippen molar-refractivity contribution >= 4 is 35.8 Å². The summed E-state index contributed by atoms with van der Waals surface area (Å²) in [6, 6.07) is 0. The molecule has 0 aromatic heterocycles. The number of halogens is 1. The molecule has 2 N–H and O–H groups in total. The molecule has 0 unspecified atom stereocenters. The number of aliphatic imine (C=N–C) groups is 1. The fourth-order valence-corrected chi connectivity index (χ4v) is 2.51. The Morgan fingerprint density at radius 3 is 2.33 bits per heavy atom. The molecule has 0 radical (unpaired) electrons. The van der Waals surface area contributed by atoms with Crippen molar-refractivity contribution in [3.8, 4) is 0 Å². The minimum absolute atomic E-state index is 0. The Morgan fingerprint density at radius 2 is 1.75 bits per heavy atom. The van der Waals surface area contributed by atoms with E-state index in [0.717, 1.165) is 13.0 Å². The minimum atomic E-state index is -0.00250. The zero-order valence-electron chi connectivity index (χ0n) is 15.5. The average molecular weight is 454 g/mol. The summed E-state index contributed by atoms with van der Waals surface area (Å²) in [6.45, 7) is 4.49. The van der Waals surface area contributed by atoms with Crippen LogP contribution in [0.1, 0.15) is 51.9 Å². The van der Waals surface area contributed by atoms with Gasteiger partial charge in [0.05, 0.1) is 12.7 Å². The van der Waals surface area contributed by atoms with Crippen LogP contribution in [-0.2, 0) is 9.53 Å². The Hall–Kier alpha value is -0.570. The monoisotopic (exact) mass is 454 g/mol. The highest BCUT2D eigenvalue weighted by atomic mass is 127. The van der Waals surface area contributed by atoms with Crippen LogP contribution in [0.15, 0.2) is 4.99 Å². The Bertz CT molecular complexity index is 356. The second-order valence-corrected chi connectivity index (χ2v) is 6.29. The number of hydrogen-bond acceptors (Lipinski definition) is 3. The highest BCUT2D eigenvalue weighted by Crippen LogP contribution is 2.19. The number of ether oxygens (including phenoxy) is 1. The van der Waals surface area contributed by atoms with E-state index in [-0.39, 0.29) is 36.4 Å². The lowest BCUT2D eigenvalue weighted by Gasteiger charge is -2.17. The van der Waals surface area contributed by atoms with Crippen LogP contribution in [0.4, 0.5) is 0 Å². The molecule has 1 rings (SSSR count). The SMILES string of the molecule is CCCNC(=NCC(=O)N(C)C)NCCOC1CCCCCC1.I. The maximum absolute atomic E-state index is 11.6. The topological polar surface area (TPSA) is 66.0 Å². The summed E-state index contributed by atoms with van der Waals surface area (Å²) in [5.74, 6) is 0.684. The first-order chi connectivity index (χ1) is 11.1. The largest absolute Gasteiger partial charge is 0.376 e. The highest BCUT2D eigenvalue weighted by molar-refractivity contribution is 14.0. The van der Waals surface area contributed by atoms with Gasteiger partial charge >= 0.3 is 0 Å². The number of rotatable bonds is 8. The Kier molecular flexibility index (Phi) is 14.4. The molecule has 1 amide bonds. The van der Waals surface area contributed by atoms with E-state index in [1.807, 2.05) is 0 Å². The molecule has 0 heterocycles. The van der Waals surface area contributed by atoms with Gasteiger partial charge in [0.15, 0.2) is 5.96 Å². The number of carbonyl (C=O) groups is 1. The van der Waals surface area contributed by atoms with Gasteiger partial charge in [-0.25, -0.2) is 4.99 Å². The smallest absolute Gasteiger partial charge is 0.243 e. The molecule has 24 heavy (non-hydrogen) atoms. The van der Waals surface area contributed by atoms with Crippen molar-refractivity contribution < 1.29 is 9.53 Å². The van der Waals surface area contributed by atoms with Crippen molar-refractivity contribution in [2.45, 2.75) is 58.0 Å². The zero-order chi connectivity index (χ0) is 16.9. The molecule has 1 saturated carbocycles. The molecule has 1 aliphatic carbocycles. The molecule has 0 aliphatic heterocycles. The predicted molar refractivity (Wildman–Crippen MR) is 110 cm³/mol. The van der Waals surface area contributed by atoms with Gasteiger partial charge < -0.3 is 20.3 Å². The number of hydrogen-bond donors (Lipinski definition) is 2. The second kappa shape index (κ2) is 14.7. The number of guanidine groups is 1. The molecule has 7 heteroatoms. The van der Waals surface area contributed by atoms with Crippen LogP contribution in [0.2, 0.25) is 0 Å². The Morgan fingerprint density at radius 1 is 1.12 bits per heavy atom. The van der Waals surface area contributed by atoms with E-state index in [4.69, 9.17) is 4.74 Å². The number of carbonyl (C=O) groups excluding carboxylic acids is 1. The van der Waals surface area contributed by atoms with Crippen LogP contribution in [0.5, 0.6) is 0 Å². The summed E-state index contributed by atoms with van der Waals surface area (Å²) < 4.78 is 5.96. The van der Waals surface area contributed by atoms with Gasteiger partial charge in [-0.15, -0.1) is 24.0 Å². The lowest BCUT2D eigenvalue weighted by molar-refractivity contribution is -0.127. The number of likely N-dealkylation sites (N-methyl/N-ethyl adjacent to an activating group) is 1. The molecule has 1 aliphatic rings. The second-order valence-electron chi connectivity index (χ2n) is 6.29. The van der Waals surface area contributed by atoms with Gasteiger partial charge in [-0.1, -0.05) is 32.6 Å². The molecular formula is C17H35IN4O2. The third-order valence-electron chi connectivity index (χ3n) is 3.96. The van der Waals surface area contributed by atoms with Crippen LogP contribution in [-0.4, -0.2) is 63.2 Å². The van der Waals surface area contributed by atoms with E-state index in [9.17, 15) is 4.79 Å². The highest BCUT2D eigenvalue weighted by Gasteiger charge is 2.12. The van der Waals surface area contributed by atoms with Crippen LogP contribution in [0, 0.1) is 0 Å². The number of amides is 1. The molecule has 0 bridgehead atoms. The van der Waals surface area contributed by atoms with Crippen LogP contribution in [0.3, 0.4) is 0 Å². The van der Waals surface area contributed by atoms with E-state index >= 15 is 0 Å². The van der Waals surface area contributed by atoms with E-state index < -0.39 is 0 Å². The summed E-state index contributed by atoms with van der Waals surface area (Å²) >= 11 is 0. The summed E-state index contributed by atoms with van der Waals surface area (Å²) in [7, 11) is 3.48. The zero-order valence-corrected chi connectivity index (χ0v) is 17.8. The van der Waals surface area contributed by atoms with Crippen molar-refractivity contribution in [3.05, 3.63) is 0 Å². The molecular weight excluding hydrogens is 419 g/mol. The fraction of sp³-hybridized carbons (Fsp3) is 0.882. The molecule has 1 fully saturated rings. The maximum Gasteiger partial charge on any atom is 0.243 e. The van der Waals surface area contributed by atoms with Crippen molar-refractivity contribution in [2.75, 3.05) is 40.3 Å². The van der Waals surface area contributed by atoms with E-state index in [1.165, 1.54) is 38.5 Å². The molecule has 0 aromatic rings. The van der Waals surface area contributed by atoms with Gasteiger partial charge in [0.25, 0.3) is 0 Å². The first kappa shape index (κ1) is 23.4. The first-order valence-corrected chi connectivity index (χ1v) is 8.97. The number of nitrogens with one attached hydrogen (secondary N) is 2. The first-order valence-electron chi connectivity index (χ1n) is 8.97. The maximum atomic E-state index is 11.6. The third-order valence-corrected chi connectivity index (χ3v) is 3.96. The van der Waals surface area contributed by atoms with Gasteiger partial charge in [-0.3, -0.25) is 4.79 Å². The molecule has 0 atom stereocenters. The van der Waals surface area contributed by atoms with E-state index in [2.05, 4.69) is 22.5 Å². The summed E-state index contributed by atoms with van der Waals surface area (Å²) in [4.78, 5) is 17.5. The molecule has 142 valence electrons.